The Balaban J connectivity index is 1.92. The molecule has 150 valence electrons. The lowest BCUT2D eigenvalue weighted by atomic mass is 10.1. The minimum atomic E-state index is -3.70. The summed E-state index contributed by atoms with van der Waals surface area (Å²) in [6.45, 7) is 0.0466. The van der Waals surface area contributed by atoms with Gasteiger partial charge in [0, 0.05) is 32.2 Å². The standard InChI is InChI=1S/C21H26N2O4S/c1-23(2)17-8-6-15(7-9-17)20(14-22-21(24)16-4-5-16)28(25,26)19-12-10-18(27-3)11-13-19/h6-13,16,20H,4-5,14H2,1-3H3,(H,22,24)/t20-/m1/s1. The zero-order valence-electron chi connectivity index (χ0n) is 16.4. The second kappa shape index (κ2) is 8.22. The van der Waals surface area contributed by atoms with Crippen molar-refractivity contribution in [3.8, 4) is 5.75 Å². The fraction of sp³-hybridized carbons (Fsp3) is 0.381. The Morgan fingerprint density at radius 1 is 1.11 bits per heavy atom. The van der Waals surface area contributed by atoms with Crippen LogP contribution in [-0.4, -0.2) is 42.1 Å². The van der Waals surface area contributed by atoms with Gasteiger partial charge in [0.1, 0.15) is 11.0 Å². The summed E-state index contributed by atoms with van der Waals surface area (Å²) >= 11 is 0. The molecular formula is C21H26N2O4S. The smallest absolute Gasteiger partial charge is 0.223 e. The van der Waals surface area contributed by atoms with Crippen molar-refractivity contribution >= 4 is 21.4 Å². The predicted octanol–water partition coefficient (Wildman–Crippen LogP) is 2.80. The molecule has 1 fully saturated rings. The molecule has 0 unspecified atom stereocenters. The van der Waals surface area contributed by atoms with Crippen molar-refractivity contribution in [3.63, 3.8) is 0 Å². The number of carbonyl (C=O) groups excluding carboxylic acids is 1. The lowest BCUT2D eigenvalue weighted by Gasteiger charge is -2.20. The summed E-state index contributed by atoms with van der Waals surface area (Å²) in [6, 6.07) is 13.7. The summed E-state index contributed by atoms with van der Waals surface area (Å²) in [4.78, 5) is 14.3. The first kappa shape index (κ1) is 20.2. The number of benzene rings is 2. The van der Waals surface area contributed by atoms with Crippen LogP contribution >= 0.6 is 0 Å². The molecule has 0 aromatic heterocycles. The molecule has 0 bridgehead atoms. The van der Waals surface area contributed by atoms with Crippen LogP contribution in [0.5, 0.6) is 5.75 Å². The summed E-state index contributed by atoms with van der Waals surface area (Å²) in [5.74, 6) is 0.549. The number of hydrogen-bond donors (Lipinski definition) is 1. The molecule has 0 saturated heterocycles. The first-order chi connectivity index (χ1) is 13.3. The van der Waals surface area contributed by atoms with Gasteiger partial charge in [-0.05, 0) is 54.8 Å². The second-order valence-corrected chi connectivity index (χ2v) is 9.35. The highest BCUT2D eigenvalue weighted by atomic mass is 32.2. The van der Waals surface area contributed by atoms with E-state index in [-0.39, 0.29) is 23.3 Å². The van der Waals surface area contributed by atoms with Crippen LogP contribution in [0, 0.1) is 5.92 Å². The number of sulfone groups is 1. The molecule has 1 amide bonds. The van der Waals surface area contributed by atoms with E-state index in [4.69, 9.17) is 4.74 Å². The van der Waals surface area contributed by atoms with Gasteiger partial charge in [0.2, 0.25) is 5.91 Å². The summed E-state index contributed by atoms with van der Waals surface area (Å²) in [5, 5.41) is 1.96. The summed E-state index contributed by atoms with van der Waals surface area (Å²) < 4.78 is 31.8. The van der Waals surface area contributed by atoms with Gasteiger partial charge in [-0.2, -0.15) is 0 Å². The van der Waals surface area contributed by atoms with E-state index < -0.39 is 15.1 Å². The van der Waals surface area contributed by atoms with E-state index in [0.29, 0.717) is 11.3 Å². The van der Waals surface area contributed by atoms with Crippen LogP contribution in [0.2, 0.25) is 0 Å². The molecule has 1 aliphatic carbocycles. The maximum atomic E-state index is 13.3. The van der Waals surface area contributed by atoms with E-state index in [1.165, 1.54) is 19.2 Å². The Labute approximate surface area is 166 Å². The van der Waals surface area contributed by atoms with Crippen molar-refractivity contribution in [1.82, 2.24) is 5.32 Å². The molecule has 7 heteroatoms. The molecule has 3 rings (SSSR count). The Hall–Kier alpha value is -2.54. The van der Waals surface area contributed by atoms with Crippen LogP contribution < -0.4 is 15.0 Å². The lowest BCUT2D eigenvalue weighted by Crippen LogP contribution is -2.32. The van der Waals surface area contributed by atoms with E-state index >= 15 is 0 Å². The van der Waals surface area contributed by atoms with Gasteiger partial charge in [0.05, 0.1) is 12.0 Å². The van der Waals surface area contributed by atoms with Gasteiger partial charge in [-0.3, -0.25) is 4.79 Å². The van der Waals surface area contributed by atoms with Gasteiger partial charge in [0.15, 0.2) is 9.84 Å². The molecule has 2 aromatic rings. The number of hydrogen-bond acceptors (Lipinski definition) is 5. The van der Waals surface area contributed by atoms with Crippen molar-refractivity contribution in [1.29, 1.82) is 0 Å². The predicted molar refractivity (Wildman–Crippen MR) is 109 cm³/mol. The molecule has 1 N–H and O–H groups in total. The maximum absolute atomic E-state index is 13.3. The van der Waals surface area contributed by atoms with Gasteiger partial charge in [-0.25, -0.2) is 8.42 Å². The Kier molecular flexibility index (Phi) is 5.93. The number of anilines is 1. The normalized spacial score (nSPS) is 15.0. The fourth-order valence-electron chi connectivity index (χ4n) is 3.01. The van der Waals surface area contributed by atoms with Gasteiger partial charge in [-0.15, -0.1) is 0 Å². The summed E-state index contributed by atoms with van der Waals surface area (Å²) in [5.41, 5.74) is 1.63. The summed E-state index contributed by atoms with van der Waals surface area (Å²) in [6.07, 6.45) is 1.75. The van der Waals surface area contributed by atoms with Crippen LogP contribution in [0.25, 0.3) is 0 Å². The van der Waals surface area contributed by atoms with Gasteiger partial charge in [0.25, 0.3) is 0 Å². The van der Waals surface area contributed by atoms with E-state index in [2.05, 4.69) is 5.32 Å². The Morgan fingerprint density at radius 2 is 1.71 bits per heavy atom. The zero-order valence-corrected chi connectivity index (χ0v) is 17.2. The molecule has 1 atom stereocenters. The monoisotopic (exact) mass is 402 g/mol. The number of rotatable bonds is 8. The number of ether oxygens (including phenoxy) is 1. The highest BCUT2D eigenvalue weighted by Crippen LogP contribution is 2.32. The van der Waals surface area contributed by atoms with Gasteiger partial charge >= 0.3 is 0 Å². The Morgan fingerprint density at radius 3 is 2.21 bits per heavy atom. The topological polar surface area (TPSA) is 75.7 Å². The molecule has 28 heavy (non-hydrogen) atoms. The first-order valence-corrected chi connectivity index (χ1v) is 10.8. The number of amides is 1. The number of methoxy groups -OCH3 is 1. The summed E-state index contributed by atoms with van der Waals surface area (Å²) in [7, 11) is 1.69. The van der Waals surface area contributed by atoms with Crippen LogP contribution in [0.3, 0.4) is 0 Å². The van der Waals surface area contributed by atoms with Crippen molar-refractivity contribution in [2.24, 2.45) is 5.92 Å². The van der Waals surface area contributed by atoms with Crippen LogP contribution in [0.4, 0.5) is 5.69 Å². The molecular weight excluding hydrogens is 376 g/mol. The molecule has 6 nitrogen and oxygen atoms in total. The van der Waals surface area contributed by atoms with Gasteiger partial charge < -0.3 is 15.0 Å². The van der Waals surface area contributed by atoms with E-state index in [9.17, 15) is 13.2 Å². The minimum Gasteiger partial charge on any atom is -0.497 e. The van der Waals surface area contributed by atoms with Gasteiger partial charge in [-0.1, -0.05) is 12.1 Å². The van der Waals surface area contributed by atoms with E-state index in [1.807, 2.05) is 43.3 Å². The molecule has 0 spiro atoms. The third kappa shape index (κ3) is 4.47. The van der Waals surface area contributed by atoms with E-state index in [0.717, 1.165) is 18.5 Å². The number of nitrogens with one attached hydrogen (secondary N) is 1. The van der Waals surface area contributed by atoms with Crippen LogP contribution in [-0.2, 0) is 14.6 Å². The highest BCUT2D eigenvalue weighted by Gasteiger charge is 2.33. The van der Waals surface area contributed by atoms with Crippen LogP contribution in [0.1, 0.15) is 23.7 Å². The molecule has 1 aliphatic rings. The lowest BCUT2D eigenvalue weighted by molar-refractivity contribution is -0.122. The fourth-order valence-corrected chi connectivity index (χ4v) is 4.67. The number of nitrogens with zero attached hydrogens (tertiary/aromatic N) is 1. The number of carbonyl (C=O) groups is 1. The third-order valence-electron chi connectivity index (χ3n) is 4.95. The van der Waals surface area contributed by atoms with Crippen molar-refractivity contribution < 1.29 is 17.9 Å². The quantitative estimate of drug-likeness (QED) is 0.735. The average Bonchev–Trinajstić information content (AvgIpc) is 3.53. The first-order valence-electron chi connectivity index (χ1n) is 9.26. The van der Waals surface area contributed by atoms with E-state index in [1.54, 1.807) is 12.1 Å². The largest absolute Gasteiger partial charge is 0.497 e. The Bertz CT molecular complexity index is 918. The van der Waals surface area contributed by atoms with Crippen molar-refractivity contribution in [3.05, 3.63) is 54.1 Å². The average molecular weight is 403 g/mol. The second-order valence-electron chi connectivity index (χ2n) is 7.21. The van der Waals surface area contributed by atoms with Crippen LogP contribution in [0.15, 0.2) is 53.4 Å². The maximum Gasteiger partial charge on any atom is 0.223 e. The molecule has 0 heterocycles. The zero-order chi connectivity index (χ0) is 20.3. The van der Waals surface area contributed by atoms with Crippen molar-refractivity contribution in [2.75, 3.05) is 32.6 Å². The molecule has 0 aliphatic heterocycles. The van der Waals surface area contributed by atoms with Crippen molar-refractivity contribution in [2.45, 2.75) is 23.0 Å². The highest BCUT2D eigenvalue weighted by molar-refractivity contribution is 7.91. The molecule has 2 aromatic carbocycles. The third-order valence-corrected chi connectivity index (χ3v) is 7.07. The molecule has 1 saturated carbocycles. The molecule has 0 radical (unpaired) electrons. The minimum absolute atomic E-state index is 0.0282. The SMILES string of the molecule is COc1ccc(S(=O)(=O)[C@H](CNC(=O)C2CC2)c2ccc(N(C)C)cc2)cc1.